The Morgan fingerprint density at radius 2 is 1.70 bits per heavy atom. The molecule has 1 N–H and O–H groups in total. The zero-order valence-corrected chi connectivity index (χ0v) is 13.5. The minimum atomic E-state index is -0.333. The molecule has 0 spiro atoms. The first-order valence-electron chi connectivity index (χ1n) is 7.29. The molecule has 0 unspecified atom stereocenters. The van der Waals surface area contributed by atoms with Crippen LogP contribution in [0.25, 0.3) is 0 Å². The maximum Gasteiger partial charge on any atom is 0.243 e. The molecule has 0 saturated heterocycles. The van der Waals surface area contributed by atoms with Gasteiger partial charge in [-0.3, -0.25) is 9.48 Å². The van der Waals surface area contributed by atoms with E-state index in [9.17, 15) is 4.79 Å². The summed E-state index contributed by atoms with van der Waals surface area (Å²) in [5.74, 6) is 0.482. The molecule has 3 aromatic rings. The van der Waals surface area contributed by atoms with Crippen LogP contribution in [0.15, 0.2) is 77.8 Å². The van der Waals surface area contributed by atoms with E-state index in [0.717, 1.165) is 10.5 Å². The number of anilines is 1. The van der Waals surface area contributed by atoms with Crippen LogP contribution in [0.5, 0.6) is 0 Å². The van der Waals surface area contributed by atoms with Gasteiger partial charge in [0.1, 0.15) is 5.25 Å². The molecule has 0 fully saturated rings. The van der Waals surface area contributed by atoms with Crippen molar-refractivity contribution in [3.63, 3.8) is 0 Å². The van der Waals surface area contributed by atoms with Crippen LogP contribution in [0.1, 0.15) is 10.8 Å². The van der Waals surface area contributed by atoms with Gasteiger partial charge >= 0.3 is 0 Å². The number of thioether (sulfide) groups is 1. The molecule has 0 bridgehead atoms. The molecule has 5 heteroatoms. The number of carbonyl (C=O) groups excluding carboxylic acids is 1. The molecule has 4 nitrogen and oxygen atoms in total. The highest BCUT2D eigenvalue weighted by molar-refractivity contribution is 8.00. The van der Waals surface area contributed by atoms with Crippen molar-refractivity contribution in [3.05, 3.63) is 78.5 Å². The second-order valence-electron chi connectivity index (χ2n) is 5.09. The zero-order valence-electron chi connectivity index (χ0n) is 12.7. The molecule has 1 amide bonds. The van der Waals surface area contributed by atoms with Gasteiger partial charge in [0.25, 0.3) is 0 Å². The van der Waals surface area contributed by atoms with Gasteiger partial charge in [0.05, 0.1) is 0 Å². The fourth-order valence-electron chi connectivity index (χ4n) is 2.21. The molecule has 0 saturated carbocycles. The number of carbonyl (C=O) groups is 1. The summed E-state index contributed by atoms with van der Waals surface area (Å²) in [5, 5.41) is 6.77. The Kier molecular flexibility index (Phi) is 4.78. The van der Waals surface area contributed by atoms with Crippen molar-refractivity contribution in [1.82, 2.24) is 9.78 Å². The first-order chi connectivity index (χ1) is 11.2. The van der Waals surface area contributed by atoms with E-state index in [-0.39, 0.29) is 11.2 Å². The topological polar surface area (TPSA) is 46.9 Å². The first kappa shape index (κ1) is 15.4. The van der Waals surface area contributed by atoms with Crippen molar-refractivity contribution in [2.75, 3.05) is 5.32 Å². The number of hydrogen-bond donors (Lipinski definition) is 1. The average Bonchev–Trinajstić information content (AvgIpc) is 2.99. The Bertz CT molecular complexity index is 771. The van der Waals surface area contributed by atoms with Crippen molar-refractivity contribution in [3.8, 4) is 0 Å². The summed E-state index contributed by atoms with van der Waals surface area (Å²) in [6.07, 6.45) is 1.80. The second kappa shape index (κ2) is 7.15. The molecule has 1 aromatic heterocycles. The number of aromatic nitrogens is 2. The van der Waals surface area contributed by atoms with Crippen LogP contribution < -0.4 is 5.32 Å². The van der Waals surface area contributed by atoms with Gasteiger partial charge < -0.3 is 5.32 Å². The molecule has 1 atom stereocenters. The van der Waals surface area contributed by atoms with E-state index in [1.165, 1.54) is 11.8 Å². The molecule has 0 aliphatic carbocycles. The van der Waals surface area contributed by atoms with Crippen molar-refractivity contribution in [1.29, 1.82) is 0 Å². The first-order valence-corrected chi connectivity index (χ1v) is 8.17. The number of amides is 1. The number of rotatable bonds is 5. The number of nitrogens with zero attached hydrogens (tertiary/aromatic N) is 2. The van der Waals surface area contributed by atoms with Crippen LogP contribution in [-0.4, -0.2) is 15.7 Å². The summed E-state index contributed by atoms with van der Waals surface area (Å²) in [6.45, 7) is 0. The summed E-state index contributed by atoms with van der Waals surface area (Å²) >= 11 is 1.53. The van der Waals surface area contributed by atoms with E-state index in [0.29, 0.717) is 5.82 Å². The van der Waals surface area contributed by atoms with Gasteiger partial charge in [0.15, 0.2) is 5.82 Å². The Balaban J connectivity index is 1.84. The number of aryl methyl sites for hydroxylation is 1. The lowest BCUT2D eigenvalue weighted by atomic mass is 10.1. The molecule has 23 heavy (non-hydrogen) atoms. The van der Waals surface area contributed by atoms with E-state index in [4.69, 9.17) is 0 Å². The van der Waals surface area contributed by atoms with Gasteiger partial charge in [-0.15, -0.1) is 11.8 Å². The lowest BCUT2D eigenvalue weighted by Crippen LogP contribution is -2.19. The van der Waals surface area contributed by atoms with Gasteiger partial charge in [-0.1, -0.05) is 48.5 Å². The standard InChI is InChI=1S/C18H17N3OS/c1-21-13-12-16(20-21)19-18(22)17(14-8-4-2-5-9-14)23-15-10-6-3-7-11-15/h2-13,17H,1H3,(H,19,20,22)/t17-/m0/s1. The van der Waals surface area contributed by atoms with Crippen molar-refractivity contribution >= 4 is 23.5 Å². The predicted octanol–water partition coefficient (Wildman–Crippen LogP) is 3.89. The van der Waals surface area contributed by atoms with Crippen LogP contribution in [0.3, 0.4) is 0 Å². The molecule has 0 radical (unpaired) electrons. The summed E-state index contributed by atoms with van der Waals surface area (Å²) < 4.78 is 1.66. The van der Waals surface area contributed by atoms with Gasteiger partial charge in [-0.2, -0.15) is 5.10 Å². The minimum Gasteiger partial charge on any atom is -0.308 e. The Morgan fingerprint density at radius 3 is 2.30 bits per heavy atom. The van der Waals surface area contributed by atoms with Crippen LogP contribution in [0.4, 0.5) is 5.82 Å². The Labute approximate surface area is 139 Å². The molecule has 0 aliphatic heterocycles. The molecule has 2 aromatic carbocycles. The Morgan fingerprint density at radius 1 is 1.04 bits per heavy atom. The highest BCUT2D eigenvalue weighted by Gasteiger charge is 2.22. The summed E-state index contributed by atoms with van der Waals surface area (Å²) in [5.41, 5.74) is 0.967. The third-order valence-electron chi connectivity index (χ3n) is 3.30. The average molecular weight is 323 g/mol. The summed E-state index contributed by atoms with van der Waals surface area (Å²) in [4.78, 5) is 13.8. The van der Waals surface area contributed by atoms with Crippen LogP contribution in [0.2, 0.25) is 0 Å². The van der Waals surface area contributed by atoms with Gasteiger partial charge in [0, 0.05) is 24.2 Å². The fourth-order valence-corrected chi connectivity index (χ4v) is 3.26. The van der Waals surface area contributed by atoms with Crippen molar-refractivity contribution in [2.45, 2.75) is 10.1 Å². The second-order valence-corrected chi connectivity index (χ2v) is 6.26. The SMILES string of the molecule is Cn1ccc(NC(=O)[C@@H](Sc2ccccc2)c2ccccc2)n1. The van der Waals surface area contributed by atoms with E-state index >= 15 is 0 Å². The zero-order chi connectivity index (χ0) is 16.1. The molecular formula is C18H17N3OS. The quantitative estimate of drug-likeness (QED) is 0.725. The van der Waals surface area contributed by atoms with E-state index in [1.54, 1.807) is 16.9 Å². The van der Waals surface area contributed by atoms with Gasteiger partial charge in [0.2, 0.25) is 5.91 Å². The van der Waals surface area contributed by atoms with Crippen molar-refractivity contribution < 1.29 is 4.79 Å². The number of benzene rings is 2. The van der Waals surface area contributed by atoms with Crippen LogP contribution >= 0.6 is 11.8 Å². The summed E-state index contributed by atoms with van der Waals surface area (Å²) in [6, 6.07) is 21.5. The molecular weight excluding hydrogens is 306 g/mol. The maximum atomic E-state index is 12.7. The molecule has 3 rings (SSSR count). The Hall–Kier alpha value is -2.53. The predicted molar refractivity (Wildman–Crippen MR) is 93.3 cm³/mol. The highest BCUT2D eigenvalue weighted by Crippen LogP contribution is 2.35. The lowest BCUT2D eigenvalue weighted by molar-refractivity contribution is -0.115. The lowest BCUT2D eigenvalue weighted by Gasteiger charge is -2.16. The van der Waals surface area contributed by atoms with Crippen LogP contribution in [0, 0.1) is 0 Å². The largest absolute Gasteiger partial charge is 0.308 e. The third-order valence-corrected chi connectivity index (χ3v) is 4.57. The van der Waals surface area contributed by atoms with Crippen LogP contribution in [-0.2, 0) is 11.8 Å². The maximum absolute atomic E-state index is 12.7. The minimum absolute atomic E-state index is 0.0799. The summed E-state index contributed by atoms with van der Waals surface area (Å²) in [7, 11) is 1.82. The highest BCUT2D eigenvalue weighted by atomic mass is 32.2. The van der Waals surface area contributed by atoms with Gasteiger partial charge in [-0.25, -0.2) is 0 Å². The molecule has 116 valence electrons. The fraction of sp³-hybridized carbons (Fsp3) is 0.111. The number of nitrogens with one attached hydrogen (secondary N) is 1. The normalized spacial score (nSPS) is 11.9. The molecule has 0 aliphatic rings. The third kappa shape index (κ3) is 4.02. The van der Waals surface area contributed by atoms with E-state index in [2.05, 4.69) is 10.4 Å². The molecule has 1 heterocycles. The van der Waals surface area contributed by atoms with Gasteiger partial charge in [-0.05, 0) is 17.7 Å². The monoisotopic (exact) mass is 323 g/mol. The van der Waals surface area contributed by atoms with E-state index in [1.807, 2.05) is 67.7 Å². The smallest absolute Gasteiger partial charge is 0.243 e. The number of hydrogen-bond acceptors (Lipinski definition) is 3. The van der Waals surface area contributed by atoms with Crippen molar-refractivity contribution in [2.24, 2.45) is 7.05 Å². The van der Waals surface area contributed by atoms with E-state index < -0.39 is 0 Å².